The molecule has 3 rings (SSSR count). The number of aromatic hydroxyl groups is 1. The van der Waals surface area contributed by atoms with Crippen molar-refractivity contribution in [3.05, 3.63) is 66.5 Å². The molecule has 1 saturated heterocycles. The number of halogens is 2. The van der Waals surface area contributed by atoms with Crippen molar-refractivity contribution in [2.45, 2.75) is 0 Å². The fourth-order valence-corrected chi connectivity index (χ4v) is 3.78. The molecule has 7 nitrogen and oxygen atoms in total. The molecule has 0 atom stereocenters. The number of phenols is 1. The lowest BCUT2D eigenvalue weighted by molar-refractivity contribution is -0.386. The molecule has 26 heavy (non-hydrogen) atoms. The number of imide groups is 1. The Hall–Kier alpha value is -2.36. The van der Waals surface area contributed by atoms with E-state index < -0.39 is 27.5 Å². The average Bonchev–Trinajstić information content (AvgIpc) is 2.84. The molecular weight excluding hydrogens is 448 g/mol. The predicted molar refractivity (Wildman–Crippen MR) is 102 cm³/mol. The first-order chi connectivity index (χ1) is 12.3. The van der Waals surface area contributed by atoms with Crippen LogP contribution in [0, 0.1) is 10.1 Å². The molecule has 1 aliphatic rings. The summed E-state index contributed by atoms with van der Waals surface area (Å²) in [6, 6.07) is 8.83. The molecule has 2 amide bonds. The number of nitro benzene ring substituents is 1. The van der Waals surface area contributed by atoms with Crippen molar-refractivity contribution in [1.82, 2.24) is 0 Å². The van der Waals surface area contributed by atoms with Crippen molar-refractivity contribution in [2.75, 3.05) is 4.90 Å². The van der Waals surface area contributed by atoms with Crippen LogP contribution in [0.25, 0.3) is 6.08 Å². The Morgan fingerprint density at radius 2 is 2.00 bits per heavy atom. The maximum absolute atomic E-state index is 12.6. The number of anilines is 1. The lowest BCUT2D eigenvalue weighted by Crippen LogP contribution is -2.27. The predicted octanol–water partition coefficient (Wildman–Crippen LogP) is 4.96. The zero-order valence-corrected chi connectivity index (χ0v) is 15.8. The maximum atomic E-state index is 12.6. The van der Waals surface area contributed by atoms with Crippen molar-refractivity contribution < 1.29 is 19.6 Å². The summed E-state index contributed by atoms with van der Waals surface area (Å²) in [6.45, 7) is 0. The van der Waals surface area contributed by atoms with Gasteiger partial charge in [-0.1, -0.05) is 17.7 Å². The molecule has 0 unspecified atom stereocenters. The molecule has 1 aliphatic heterocycles. The van der Waals surface area contributed by atoms with Gasteiger partial charge in [-0.15, -0.1) is 0 Å². The van der Waals surface area contributed by atoms with Gasteiger partial charge in [-0.3, -0.25) is 19.7 Å². The standard InChI is InChI=1S/C16H8BrClN2O5S/c17-11-4-8(5-12(14(11)21)20(24)25)6-13-15(22)19(16(23)26-13)10-3-1-2-9(18)7-10/h1-7,21H/b13-6+. The molecule has 0 spiro atoms. The zero-order chi connectivity index (χ0) is 19.0. The van der Waals surface area contributed by atoms with Crippen molar-refractivity contribution >= 4 is 67.9 Å². The number of hydrogen-bond donors (Lipinski definition) is 1. The molecule has 1 fully saturated rings. The van der Waals surface area contributed by atoms with Gasteiger partial charge in [0.2, 0.25) is 5.75 Å². The summed E-state index contributed by atoms with van der Waals surface area (Å²) in [6.07, 6.45) is 1.35. The van der Waals surface area contributed by atoms with E-state index in [4.69, 9.17) is 11.6 Å². The van der Waals surface area contributed by atoms with Crippen molar-refractivity contribution in [3.8, 4) is 5.75 Å². The van der Waals surface area contributed by atoms with Crippen LogP contribution in [0.4, 0.5) is 16.2 Å². The van der Waals surface area contributed by atoms with E-state index in [-0.39, 0.29) is 14.9 Å². The summed E-state index contributed by atoms with van der Waals surface area (Å²) in [7, 11) is 0. The van der Waals surface area contributed by atoms with Gasteiger partial charge in [0, 0.05) is 11.1 Å². The van der Waals surface area contributed by atoms with Gasteiger partial charge in [0.05, 0.1) is 20.0 Å². The number of carbonyl (C=O) groups excluding carboxylic acids is 2. The molecule has 0 bridgehead atoms. The first-order valence-electron chi connectivity index (χ1n) is 6.98. The highest BCUT2D eigenvalue weighted by Crippen LogP contribution is 2.39. The maximum Gasteiger partial charge on any atom is 0.312 e. The highest BCUT2D eigenvalue weighted by Gasteiger charge is 2.36. The van der Waals surface area contributed by atoms with Crippen molar-refractivity contribution in [3.63, 3.8) is 0 Å². The van der Waals surface area contributed by atoms with E-state index >= 15 is 0 Å². The third kappa shape index (κ3) is 3.46. The van der Waals surface area contributed by atoms with E-state index in [9.17, 15) is 24.8 Å². The number of phenolic OH excluding ortho intramolecular Hbond substituents is 1. The summed E-state index contributed by atoms with van der Waals surface area (Å²) >= 11 is 9.64. The topological polar surface area (TPSA) is 101 Å². The number of hydrogen-bond acceptors (Lipinski definition) is 6. The lowest BCUT2D eigenvalue weighted by Gasteiger charge is -2.12. The highest BCUT2D eigenvalue weighted by molar-refractivity contribution is 9.10. The summed E-state index contributed by atoms with van der Waals surface area (Å²) in [5.41, 5.74) is 0.110. The SMILES string of the molecule is O=C1S/C(=C/c2cc(Br)c(O)c([N+](=O)[O-])c2)C(=O)N1c1cccc(Cl)c1. The van der Waals surface area contributed by atoms with Crippen molar-refractivity contribution in [2.24, 2.45) is 0 Å². The second kappa shape index (κ2) is 7.10. The van der Waals surface area contributed by atoms with E-state index in [1.807, 2.05) is 0 Å². The van der Waals surface area contributed by atoms with Crippen molar-refractivity contribution in [1.29, 1.82) is 0 Å². The van der Waals surface area contributed by atoms with Crippen LogP contribution in [-0.2, 0) is 4.79 Å². The minimum absolute atomic E-state index is 0.0989. The number of nitrogens with zero attached hydrogens (tertiary/aromatic N) is 2. The zero-order valence-electron chi connectivity index (χ0n) is 12.7. The molecular formula is C16H8BrClN2O5S. The molecule has 1 heterocycles. The molecule has 0 aliphatic carbocycles. The Labute approximate surface area is 164 Å². The molecule has 1 N–H and O–H groups in total. The van der Waals surface area contributed by atoms with Gasteiger partial charge >= 0.3 is 5.69 Å². The number of rotatable bonds is 3. The normalized spacial score (nSPS) is 15.8. The minimum atomic E-state index is -0.741. The summed E-state index contributed by atoms with van der Waals surface area (Å²) in [5, 5.41) is 20.6. The van der Waals surface area contributed by atoms with Gasteiger partial charge in [-0.25, -0.2) is 4.90 Å². The highest BCUT2D eigenvalue weighted by atomic mass is 79.9. The smallest absolute Gasteiger partial charge is 0.312 e. The van der Waals surface area contributed by atoms with Gasteiger partial charge in [0.1, 0.15) is 0 Å². The van der Waals surface area contributed by atoms with Crippen LogP contribution in [0.15, 0.2) is 45.8 Å². The van der Waals surface area contributed by atoms with E-state index in [0.29, 0.717) is 22.5 Å². The minimum Gasteiger partial charge on any atom is -0.501 e. The quantitative estimate of drug-likeness (QED) is 0.399. The Balaban J connectivity index is 2.00. The fourth-order valence-electron chi connectivity index (χ4n) is 2.28. The largest absolute Gasteiger partial charge is 0.501 e. The van der Waals surface area contributed by atoms with E-state index in [2.05, 4.69) is 15.9 Å². The first kappa shape index (κ1) is 18.4. The van der Waals surface area contributed by atoms with Gasteiger partial charge in [-0.05, 0) is 63.6 Å². The van der Waals surface area contributed by atoms with Gasteiger partial charge in [-0.2, -0.15) is 0 Å². The van der Waals surface area contributed by atoms with Crippen LogP contribution in [-0.4, -0.2) is 21.2 Å². The number of thioether (sulfide) groups is 1. The number of carbonyl (C=O) groups is 2. The van der Waals surface area contributed by atoms with Crippen LogP contribution in [0.5, 0.6) is 5.75 Å². The van der Waals surface area contributed by atoms with Gasteiger partial charge < -0.3 is 5.11 Å². The molecule has 132 valence electrons. The number of amides is 2. The monoisotopic (exact) mass is 454 g/mol. The van der Waals surface area contributed by atoms with Crippen LogP contribution in [0.2, 0.25) is 5.02 Å². The van der Waals surface area contributed by atoms with E-state index in [1.165, 1.54) is 18.2 Å². The molecule has 0 aromatic heterocycles. The van der Waals surface area contributed by atoms with E-state index in [0.717, 1.165) is 11.0 Å². The molecule has 2 aromatic rings. The number of benzene rings is 2. The van der Waals surface area contributed by atoms with Crippen LogP contribution >= 0.6 is 39.3 Å². The van der Waals surface area contributed by atoms with E-state index in [1.54, 1.807) is 18.2 Å². The third-order valence-electron chi connectivity index (χ3n) is 3.42. The van der Waals surface area contributed by atoms with Gasteiger partial charge in [0.15, 0.2) is 0 Å². The number of nitro groups is 1. The Morgan fingerprint density at radius 1 is 1.27 bits per heavy atom. The summed E-state index contributed by atoms with van der Waals surface area (Å²) in [4.78, 5) is 36.1. The summed E-state index contributed by atoms with van der Waals surface area (Å²) < 4.78 is 0.104. The summed E-state index contributed by atoms with van der Waals surface area (Å²) in [5.74, 6) is -1.08. The first-order valence-corrected chi connectivity index (χ1v) is 8.97. The molecule has 0 saturated carbocycles. The lowest BCUT2D eigenvalue weighted by atomic mass is 10.1. The van der Waals surface area contributed by atoms with Gasteiger partial charge in [0.25, 0.3) is 11.1 Å². The van der Waals surface area contributed by atoms with Crippen LogP contribution in [0.1, 0.15) is 5.56 Å². The second-order valence-corrected chi connectivity index (χ2v) is 7.41. The molecule has 2 aromatic carbocycles. The Kier molecular flexibility index (Phi) is 5.03. The average molecular weight is 456 g/mol. The molecule has 0 radical (unpaired) electrons. The fraction of sp³-hybridized carbons (Fsp3) is 0. The Morgan fingerprint density at radius 3 is 2.65 bits per heavy atom. The van der Waals surface area contributed by atoms with Crippen LogP contribution in [0.3, 0.4) is 0 Å². The second-order valence-electron chi connectivity index (χ2n) is 5.12. The molecule has 10 heteroatoms. The Bertz CT molecular complexity index is 995. The van der Waals surface area contributed by atoms with Crippen LogP contribution < -0.4 is 4.90 Å². The third-order valence-corrected chi connectivity index (χ3v) is 5.13.